The van der Waals surface area contributed by atoms with Gasteiger partial charge in [-0.25, -0.2) is 4.99 Å². The molecule has 0 saturated heterocycles. The molecule has 4 heteroatoms. The minimum absolute atomic E-state index is 0.461. The zero-order valence-electron chi connectivity index (χ0n) is 11.3. The predicted molar refractivity (Wildman–Crippen MR) is 74.0 cm³/mol. The first kappa shape index (κ1) is 14.2. The Balaban J connectivity index is 2.93. The van der Waals surface area contributed by atoms with Gasteiger partial charge in [0.2, 0.25) is 0 Å². The third-order valence-electron chi connectivity index (χ3n) is 2.36. The topological polar surface area (TPSA) is 53.0 Å². The Bertz CT molecular complexity index is 430. The van der Waals surface area contributed by atoms with Gasteiger partial charge >= 0.3 is 0 Å². The van der Waals surface area contributed by atoms with Crippen LogP contribution in [0.5, 0.6) is 0 Å². The molecule has 0 amide bonds. The maximum atomic E-state index is 7.10. The molecule has 1 aromatic rings. The van der Waals surface area contributed by atoms with E-state index in [1.807, 2.05) is 23.0 Å². The van der Waals surface area contributed by atoms with Gasteiger partial charge in [0.15, 0.2) is 12.7 Å². The summed E-state index contributed by atoms with van der Waals surface area (Å²) >= 11 is 0. The third-order valence-corrected chi connectivity index (χ3v) is 2.36. The van der Waals surface area contributed by atoms with Crippen LogP contribution in [0.3, 0.4) is 0 Å². The van der Waals surface area contributed by atoms with Crippen molar-refractivity contribution in [3.63, 3.8) is 0 Å². The molecule has 0 aliphatic heterocycles. The highest BCUT2D eigenvalue weighted by molar-refractivity contribution is 6.10. The molecule has 0 aliphatic carbocycles. The first-order valence-corrected chi connectivity index (χ1v) is 6.28. The van der Waals surface area contributed by atoms with Gasteiger partial charge in [0, 0.05) is 18.1 Å². The van der Waals surface area contributed by atoms with E-state index in [4.69, 9.17) is 5.41 Å². The molecule has 0 fully saturated rings. The van der Waals surface area contributed by atoms with E-state index in [9.17, 15) is 0 Å². The molecule has 1 N–H and O–H groups in total. The summed E-state index contributed by atoms with van der Waals surface area (Å²) in [5, 5.41) is 11.4. The molecule has 0 atom stereocenters. The van der Waals surface area contributed by atoms with Crippen molar-refractivity contribution < 1.29 is 4.68 Å². The molecule has 4 nitrogen and oxygen atoms in total. The molecule has 0 bridgehead atoms. The van der Waals surface area contributed by atoms with E-state index >= 15 is 0 Å². The highest BCUT2D eigenvalue weighted by Crippen LogP contribution is 2.02. The SMILES string of the molecule is CCC[n+]1ccc(C(/C=C\C(C)C)=NC=N)cn1. The number of hydrogen-bond donors (Lipinski definition) is 1. The molecule has 0 spiro atoms. The second-order valence-electron chi connectivity index (χ2n) is 4.43. The standard InChI is InChI=1S/C14H21N4/c1-4-8-18-9-7-13(10-17-18)14(16-11-15)6-5-12(2)3/h5-7,9-12,15H,4,8H2,1-3H3/q+1/b6-5-,15-11?,16-14?. The summed E-state index contributed by atoms with van der Waals surface area (Å²) in [7, 11) is 0. The first-order chi connectivity index (χ1) is 8.67. The van der Waals surface area contributed by atoms with E-state index in [1.54, 1.807) is 6.20 Å². The van der Waals surface area contributed by atoms with Gasteiger partial charge < -0.3 is 0 Å². The van der Waals surface area contributed by atoms with E-state index in [0.717, 1.165) is 30.6 Å². The van der Waals surface area contributed by atoms with Gasteiger partial charge in [-0.05, 0) is 17.1 Å². The number of aromatic nitrogens is 2. The van der Waals surface area contributed by atoms with E-state index in [0.29, 0.717) is 5.92 Å². The van der Waals surface area contributed by atoms with Crippen molar-refractivity contribution in [1.82, 2.24) is 5.10 Å². The lowest BCUT2D eigenvalue weighted by Crippen LogP contribution is -2.37. The number of aliphatic imine (C=N–C) groups is 1. The van der Waals surface area contributed by atoms with Crippen LogP contribution in [0.25, 0.3) is 0 Å². The van der Waals surface area contributed by atoms with Gasteiger partial charge in [0.05, 0.1) is 5.71 Å². The van der Waals surface area contributed by atoms with Gasteiger partial charge in [-0.3, -0.25) is 5.41 Å². The Morgan fingerprint density at radius 1 is 1.56 bits per heavy atom. The van der Waals surface area contributed by atoms with Crippen LogP contribution >= 0.6 is 0 Å². The van der Waals surface area contributed by atoms with Crippen LogP contribution in [0.1, 0.15) is 32.8 Å². The van der Waals surface area contributed by atoms with Crippen molar-refractivity contribution in [2.75, 3.05) is 0 Å². The smallest absolute Gasteiger partial charge is 0.196 e. The van der Waals surface area contributed by atoms with Crippen LogP contribution in [-0.4, -0.2) is 17.1 Å². The van der Waals surface area contributed by atoms with Crippen molar-refractivity contribution in [2.45, 2.75) is 33.7 Å². The molecule has 1 rings (SSSR count). The zero-order chi connectivity index (χ0) is 13.4. The van der Waals surface area contributed by atoms with E-state index < -0.39 is 0 Å². The summed E-state index contributed by atoms with van der Waals surface area (Å²) in [6.45, 7) is 7.25. The summed E-state index contributed by atoms with van der Waals surface area (Å²) < 4.78 is 1.90. The summed E-state index contributed by atoms with van der Waals surface area (Å²) in [5.41, 5.74) is 1.71. The second-order valence-corrected chi connectivity index (χ2v) is 4.43. The van der Waals surface area contributed by atoms with Crippen molar-refractivity contribution in [1.29, 1.82) is 5.41 Å². The number of rotatable bonds is 6. The van der Waals surface area contributed by atoms with Crippen LogP contribution in [0.15, 0.2) is 35.6 Å². The van der Waals surface area contributed by atoms with Crippen molar-refractivity contribution in [2.24, 2.45) is 10.9 Å². The van der Waals surface area contributed by atoms with Crippen LogP contribution in [0.2, 0.25) is 0 Å². The molecule has 18 heavy (non-hydrogen) atoms. The molecule has 0 radical (unpaired) electrons. The Labute approximate surface area is 109 Å². The lowest BCUT2D eigenvalue weighted by Gasteiger charge is -2.00. The molecule has 0 aliphatic rings. The molecular weight excluding hydrogens is 224 g/mol. The maximum Gasteiger partial charge on any atom is 0.196 e. The lowest BCUT2D eigenvalue weighted by molar-refractivity contribution is -0.753. The molecule has 0 aromatic carbocycles. The number of hydrogen-bond acceptors (Lipinski definition) is 2. The van der Waals surface area contributed by atoms with E-state index in [2.05, 4.69) is 36.9 Å². The quantitative estimate of drug-likeness (QED) is 0.467. The van der Waals surface area contributed by atoms with Crippen LogP contribution in [0, 0.1) is 11.3 Å². The first-order valence-electron chi connectivity index (χ1n) is 6.28. The number of allylic oxidation sites excluding steroid dienone is 2. The Morgan fingerprint density at radius 3 is 2.83 bits per heavy atom. The van der Waals surface area contributed by atoms with Crippen LogP contribution in [0.4, 0.5) is 0 Å². The molecule has 1 aromatic heterocycles. The van der Waals surface area contributed by atoms with Gasteiger partial charge in [-0.2, -0.15) is 0 Å². The fourth-order valence-electron chi connectivity index (χ4n) is 1.46. The van der Waals surface area contributed by atoms with Gasteiger partial charge in [-0.15, -0.1) is 0 Å². The van der Waals surface area contributed by atoms with E-state index in [-0.39, 0.29) is 0 Å². The molecular formula is C14H21N4+. The second kappa shape index (κ2) is 7.48. The number of aryl methyl sites for hydroxylation is 1. The van der Waals surface area contributed by atoms with Crippen molar-refractivity contribution >= 4 is 12.1 Å². The zero-order valence-corrected chi connectivity index (χ0v) is 11.3. The van der Waals surface area contributed by atoms with E-state index in [1.165, 1.54) is 0 Å². The highest BCUT2D eigenvalue weighted by atomic mass is 15.2. The molecule has 96 valence electrons. The molecule has 0 saturated carbocycles. The fourth-order valence-corrected chi connectivity index (χ4v) is 1.46. The minimum atomic E-state index is 0.461. The van der Waals surface area contributed by atoms with Gasteiger partial charge in [0.25, 0.3) is 0 Å². The Hall–Kier alpha value is -1.84. The van der Waals surface area contributed by atoms with Crippen molar-refractivity contribution in [3.05, 3.63) is 36.2 Å². The van der Waals surface area contributed by atoms with Gasteiger partial charge in [-0.1, -0.05) is 31.5 Å². The van der Waals surface area contributed by atoms with Crippen LogP contribution < -0.4 is 4.68 Å². The van der Waals surface area contributed by atoms with Gasteiger partial charge in [0.1, 0.15) is 12.5 Å². The predicted octanol–water partition coefficient (Wildman–Crippen LogP) is 2.39. The van der Waals surface area contributed by atoms with Crippen LogP contribution in [-0.2, 0) is 6.54 Å². The van der Waals surface area contributed by atoms with Crippen molar-refractivity contribution in [3.8, 4) is 0 Å². The summed E-state index contributed by atoms with van der Waals surface area (Å²) in [6, 6.07) is 1.98. The monoisotopic (exact) mass is 245 g/mol. The summed E-state index contributed by atoms with van der Waals surface area (Å²) in [5.74, 6) is 0.461. The third kappa shape index (κ3) is 4.57. The molecule has 1 heterocycles. The Kier molecular flexibility index (Phi) is 5.91. The molecule has 0 unspecified atom stereocenters. The lowest BCUT2D eigenvalue weighted by atomic mass is 10.1. The summed E-state index contributed by atoms with van der Waals surface area (Å²) in [4.78, 5) is 4.06. The fraction of sp³-hybridized carbons (Fsp3) is 0.429. The average molecular weight is 245 g/mol. The maximum absolute atomic E-state index is 7.10. The largest absolute Gasteiger partial charge is 0.290 e. The number of nitrogens with zero attached hydrogens (tertiary/aromatic N) is 3. The Morgan fingerprint density at radius 2 is 2.33 bits per heavy atom. The average Bonchev–Trinajstić information content (AvgIpc) is 2.36. The minimum Gasteiger partial charge on any atom is -0.290 e. The summed E-state index contributed by atoms with van der Waals surface area (Å²) in [6.07, 6.45) is 9.87. The normalized spacial score (nSPS) is 12.3. The highest BCUT2D eigenvalue weighted by Gasteiger charge is 2.05. The number of nitrogens with one attached hydrogen (secondary N) is 1.